The summed E-state index contributed by atoms with van der Waals surface area (Å²) in [6, 6.07) is 5.34. The second-order valence-electron chi connectivity index (χ2n) is 8.59. The van der Waals surface area contributed by atoms with Crippen LogP contribution in [0.2, 0.25) is 0 Å². The Balaban J connectivity index is 1.56. The fraction of sp³-hybridized carbons (Fsp3) is 0.522. The zero-order valence-electron chi connectivity index (χ0n) is 18.8. The van der Waals surface area contributed by atoms with Crippen molar-refractivity contribution in [2.24, 2.45) is 5.92 Å². The molecule has 0 spiro atoms. The molecule has 0 radical (unpaired) electrons. The van der Waals surface area contributed by atoms with Crippen molar-refractivity contribution in [2.75, 3.05) is 31.6 Å². The molecule has 32 heavy (non-hydrogen) atoms. The number of carbonyl (C=O) groups excluding carboxylic acids is 3. The molecule has 1 atom stereocenters. The molecule has 2 aliphatic heterocycles. The summed E-state index contributed by atoms with van der Waals surface area (Å²) in [7, 11) is 1.86. The number of fused-ring (bicyclic) bond motifs is 1. The first-order chi connectivity index (χ1) is 15.4. The predicted molar refractivity (Wildman–Crippen MR) is 117 cm³/mol. The van der Waals surface area contributed by atoms with Gasteiger partial charge >= 0.3 is 0 Å². The molecule has 1 saturated heterocycles. The number of benzene rings is 1. The van der Waals surface area contributed by atoms with E-state index in [1.54, 1.807) is 19.1 Å². The first-order valence-corrected chi connectivity index (χ1v) is 11.2. The molecule has 0 N–H and O–H groups in total. The molecule has 2 aromatic rings. The third kappa shape index (κ3) is 3.99. The topological polar surface area (TPSA) is 99.9 Å². The van der Waals surface area contributed by atoms with Gasteiger partial charge in [0.15, 0.2) is 0 Å². The van der Waals surface area contributed by atoms with Crippen molar-refractivity contribution in [2.45, 2.75) is 46.1 Å². The Kier molecular flexibility index (Phi) is 6.25. The molecule has 3 heterocycles. The van der Waals surface area contributed by atoms with E-state index in [1.165, 1.54) is 4.90 Å². The second kappa shape index (κ2) is 9.10. The average molecular weight is 440 g/mol. The molecule has 0 saturated carbocycles. The Morgan fingerprint density at radius 3 is 2.78 bits per heavy atom. The highest BCUT2D eigenvalue weighted by Gasteiger charge is 2.40. The van der Waals surface area contributed by atoms with Crippen LogP contribution in [-0.2, 0) is 11.3 Å². The number of carbonyl (C=O) groups is 3. The molecule has 1 aromatic carbocycles. The van der Waals surface area contributed by atoms with E-state index in [2.05, 4.69) is 22.1 Å². The lowest BCUT2D eigenvalue weighted by atomic mass is 9.95. The number of aromatic nitrogens is 2. The molecule has 2 aliphatic rings. The number of hydrogen-bond donors (Lipinski definition) is 0. The predicted octanol–water partition coefficient (Wildman–Crippen LogP) is 2.65. The van der Waals surface area contributed by atoms with Crippen molar-refractivity contribution < 1.29 is 19.0 Å². The lowest BCUT2D eigenvalue weighted by Crippen LogP contribution is -2.44. The zero-order chi connectivity index (χ0) is 22.8. The minimum atomic E-state index is -0.350. The number of anilines is 1. The fourth-order valence-electron chi connectivity index (χ4n) is 4.48. The van der Waals surface area contributed by atoms with Gasteiger partial charge in [0, 0.05) is 26.7 Å². The molecule has 170 valence electrons. The van der Waals surface area contributed by atoms with E-state index in [4.69, 9.17) is 4.63 Å². The smallest absolute Gasteiger partial charge is 0.264 e. The van der Waals surface area contributed by atoms with E-state index in [0.29, 0.717) is 34.7 Å². The molecule has 0 unspecified atom stereocenters. The molecule has 3 amide bonds. The van der Waals surface area contributed by atoms with Crippen molar-refractivity contribution in [1.82, 2.24) is 20.1 Å². The monoisotopic (exact) mass is 439 g/mol. The van der Waals surface area contributed by atoms with Gasteiger partial charge in [-0.3, -0.25) is 19.3 Å². The third-order valence-corrected chi connectivity index (χ3v) is 6.37. The molecular weight excluding hydrogens is 410 g/mol. The Bertz CT molecular complexity index is 1030. The summed E-state index contributed by atoms with van der Waals surface area (Å²) in [5, 5.41) is 7.53. The number of unbranched alkanes of at least 4 members (excludes halogenated alkanes) is 1. The highest BCUT2D eigenvalue weighted by Crippen LogP contribution is 2.35. The van der Waals surface area contributed by atoms with Gasteiger partial charge in [0.2, 0.25) is 5.91 Å². The Morgan fingerprint density at radius 2 is 2.06 bits per heavy atom. The van der Waals surface area contributed by atoms with E-state index < -0.39 is 0 Å². The number of amides is 3. The van der Waals surface area contributed by atoms with Crippen LogP contribution in [0.1, 0.15) is 64.7 Å². The number of imide groups is 1. The van der Waals surface area contributed by atoms with Crippen molar-refractivity contribution >= 4 is 23.4 Å². The van der Waals surface area contributed by atoms with Crippen molar-refractivity contribution in [1.29, 1.82) is 0 Å². The summed E-state index contributed by atoms with van der Waals surface area (Å²) in [6.07, 6.45) is 3.72. The van der Waals surface area contributed by atoms with E-state index in [-0.39, 0.29) is 30.2 Å². The van der Waals surface area contributed by atoms with Gasteiger partial charge in [-0.15, -0.1) is 0 Å². The van der Waals surface area contributed by atoms with Crippen LogP contribution in [0.25, 0.3) is 0 Å². The largest absolute Gasteiger partial charge is 0.370 e. The number of nitrogens with zero attached hydrogens (tertiary/aromatic N) is 5. The maximum absolute atomic E-state index is 13.3. The summed E-state index contributed by atoms with van der Waals surface area (Å²) < 4.78 is 4.71. The quantitative estimate of drug-likeness (QED) is 0.612. The van der Waals surface area contributed by atoms with Gasteiger partial charge in [-0.1, -0.05) is 29.7 Å². The van der Waals surface area contributed by atoms with E-state index in [0.717, 1.165) is 38.8 Å². The Morgan fingerprint density at radius 1 is 1.25 bits per heavy atom. The second-order valence-corrected chi connectivity index (χ2v) is 8.59. The lowest BCUT2D eigenvalue weighted by Gasteiger charge is -2.36. The van der Waals surface area contributed by atoms with Crippen LogP contribution in [-0.4, -0.2) is 64.5 Å². The van der Waals surface area contributed by atoms with E-state index in [1.807, 2.05) is 18.0 Å². The van der Waals surface area contributed by atoms with Crippen molar-refractivity contribution in [3.63, 3.8) is 0 Å². The summed E-state index contributed by atoms with van der Waals surface area (Å²) in [4.78, 5) is 44.3. The van der Waals surface area contributed by atoms with Gasteiger partial charge in [0.05, 0.1) is 29.3 Å². The highest BCUT2D eigenvalue weighted by molar-refractivity contribution is 6.23. The van der Waals surface area contributed by atoms with Gasteiger partial charge in [0.1, 0.15) is 11.4 Å². The standard InChI is InChI=1S/C23H29N5O4/c1-4-5-11-26(3)21(29)16-8-7-12-27(13-16)19-10-6-9-17-20(19)23(31)28(22(17)30)14-18-15(2)24-32-25-18/h6,9-10,16H,4-5,7-8,11-14H2,1-3H3/t16-/m1/s1. The first-order valence-electron chi connectivity index (χ1n) is 11.2. The molecule has 0 bridgehead atoms. The van der Waals surface area contributed by atoms with Crippen molar-refractivity contribution in [3.05, 3.63) is 40.7 Å². The fourth-order valence-corrected chi connectivity index (χ4v) is 4.48. The SMILES string of the molecule is CCCCN(C)C(=O)[C@@H]1CCCN(c2cccc3c2C(=O)N(Cc2nonc2C)C3=O)C1. The number of aryl methyl sites for hydroxylation is 1. The molecule has 1 aromatic heterocycles. The molecular formula is C23H29N5O4. The number of rotatable bonds is 7. The van der Waals surface area contributed by atoms with E-state index >= 15 is 0 Å². The van der Waals surface area contributed by atoms with Crippen LogP contribution in [0.15, 0.2) is 22.8 Å². The normalized spacial score (nSPS) is 18.3. The Labute approximate surface area is 187 Å². The minimum Gasteiger partial charge on any atom is -0.370 e. The Hall–Kier alpha value is -3.23. The van der Waals surface area contributed by atoms with Crippen LogP contribution in [0.3, 0.4) is 0 Å². The van der Waals surface area contributed by atoms with Crippen LogP contribution in [0.4, 0.5) is 5.69 Å². The van der Waals surface area contributed by atoms with Gasteiger partial charge in [0.25, 0.3) is 11.8 Å². The molecule has 9 nitrogen and oxygen atoms in total. The maximum Gasteiger partial charge on any atom is 0.264 e. The summed E-state index contributed by atoms with van der Waals surface area (Å²) in [5.41, 5.74) is 2.51. The third-order valence-electron chi connectivity index (χ3n) is 6.37. The molecule has 9 heteroatoms. The molecule has 1 fully saturated rings. The van der Waals surface area contributed by atoms with Crippen molar-refractivity contribution in [3.8, 4) is 0 Å². The number of piperidine rings is 1. The summed E-state index contributed by atoms with van der Waals surface area (Å²) >= 11 is 0. The van der Waals surface area contributed by atoms with Gasteiger partial charge in [-0.25, -0.2) is 4.63 Å². The van der Waals surface area contributed by atoms with Gasteiger partial charge in [-0.2, -0.15) is 0 Å². The summed E-state index contributed by atoms with van der Waals surface area (Å²) in [5.74, 6) is -0.669. The maximum atomic E-state index is 13.3. The van der Waals surface area contributed by atoms with Gasteiger partial charge in [-0.05, 0) is 38.3 Å². The van der Waals surface area contributed by atoms with Crippen LogP contribution in [0.5, 0.6) is 0 Å². The minimum absolute atomic E-state index is 0.0183. The number of hydrogen-bond acceptors (Lipinski definition) is 7. The first kappa shape index (κ1) is 22.0. The summed E-state index contributed by atoms with van der Waals surface area (Å²) in [6.45, 7) is 5.89. The zero-order valence-corrected chi connectivity index (χ0v) is 18.8. The van der Waals surface area contributed by atoms with Crippen LogP contribution >= 0.6 is 0 Å². The van der Waals surface area contributed by atoms with Gasteiger partial charge < -0.3 is 9.80 Å². The highest BCUT2D eigenvalue weighted by atomic mass is 16.6. The van der Waals surface area contributed by atoms with Crippen LogP contribution < -0.4 is 4.90 Å². The lowest BCUT2D eigenvalue weighted by molar-refractivity contribution is -0.134. The average Bonchev–Trinajstić information content (AvgIpc) is 3.33. The van der Waals surface area contributed by atoms with Crippen LogP contribution in [0, 0.1) is 12.8 Å². The molecule has 4 rings (SSSR count). The van der Waals surface area contributed by atoms with E-state index in [9.17, 15) is 14.4 Å². The molecule has 0 aliphatic carbocycles.